The zero-order chi connectivity index (χ0) is 26.3. The molecule has 4 aliphatic rings. The second-order valence-electron chi connectivity index (χ2n) is 12.2. The lowest BCUT2D eigenvalue weighted by atomic mass is 9.73. The Bertz CT molecular complexity index is 1040. The molecule has 4 atom stereocenters. The smallest absolute Gasteiger partial charge is 0.231 e. The van der Waals surface area contributed by atoms with Gasteiger partial charge in [0.2, 0.25) is 15.1 Å². The summed E-state index contributed by atoms with van der Waals surface area (Å²) in [6.07, 6.45) is 11.7. The molecular weight excluding hydrogens is 478 g/mol. The first-order valence-corrected chi connectivity index (χ1v) is 16.5. The highest BCUT2D eigenvalue weighted by Crippen LogP contribution is 2.53. The molecule has 202 valence electrons. The van der Waals surface area contributed by atoms with E-state index >= 15 is 0 Å². The van der Waals surface area contributed by atoms with Crippen molar-refractivity contribution in [3.63, 3.8) is 0 Å². The highest BCUT2D eigenvalue weighted by Gasteiger charge is 2.55. The number of rotatable bonds is 10. The molecule has 3 heterocycles. The number of ether oxygens (including phenoxy) is 3. The monoisotopic (exact) mass is 523 g/mol. The van der Waals surface area contributed by atoms with Gasteiger partial charge in [-0.1, -0.05) is 53.2 Å². The number of hydrogen-bond acceptors (Lipinski definition) is 5. The molecule has 1 aromatic rings. The molecule has 0 saturated carbocycles. The molecule has 6 heteroatoms. The standard InChI is InChI=1S/C31H45NO4Si/c1-8-9-10-11-14-33-28-15-23-12-13-32-18-24-16-26-27(35-19-34-26)17-25(24)29(30(23)32)31(28)36-37(20(2)3,21(4)5)22(6)7/h1,15-17,20-22,28-31H,9-14,18-19H2,2-7H3/t28-,29-,30+,31+/m0/s1. The van der Waals surface area contributed by atoms with Crippen molar-refractivity contribution in [2.45, 2.75) is 115 Å². The van der Waals surface area contributed by atoms with E-state index < -0.39 is 8.32 Å². The lowest BCUT2D eigenvalue weighted by Crippen LogP contribution is -2.58. The zero-order valence-corrected chi connectivity index (χ0v) is 24.6. The summed E-state index contributed by atoms with van der Waals surface area (Å²) in [5.74, 6) is 4.72. The minimum absolute atomic E-state index is 0.0275. The van der Waals surface area contributed by atoms with Crippen LogP contribution in [0.5, 0.6) is 11.5 Å². The highest BCUT2D eigenvalue weighted by molar-refractivity contribution is 6.77. The Morgan fingerprint density at radius 2 is 1.76 bits per heavy atom. The van der Waals surface area contributed by atoms with E-state index in [4.69, 9.17) is 25.1 Å². The fraction of sp³-hybridized carbons (Fsp3) is 0.677. The van der Waals surface area contributed by atoms with Crippen molar-refractivity contribution >= 4 is 8.32 Å². The lowest BCUT2D eigenvalue weighted by Gasteiger charge is -2.52. The van der Waals surface area contributed by atoms with E-state index in [1.165, 1.54) is 16.7 Å². The van der Waals surface area contributed by atoms with Gasteiger partial charge in [-0.05, 0) is 59.1 Å². The van der Waals surface area contributed by atoms with Crippen molar-refractivity contribution in [2.24, 2.45) is 0 Å². The van der Waals surface area contributed by atoms with Crippen LogP contribution in [-0.2, 0) is 15.7 Å². The Labute approximate surface area is 225 Å². The van der Waals surface area contributed by atoms with E-state index in [0.717, 1.165) is 50.3 Å². The van der Waals surface area contributed by atoms with Crippen LogP contribution in [0.15, 0.2) is 23.8 Å². The molecule has 1 aromatic carbocycles. The average Bonchev–Trinajstić information content (AvgIpc) is 3.48. The van der Waals surface area contributed by atoms with Gasteiger partial charge in [0.15, 0.2) is 11.5 Å². The summed E-state index contributed by atoms with van der Waals surface area (Å²) in [6, 6.07) is 4.84. The Hall–Kier alpha value is -1.78. The summed E-state index contributed by atoms with van der Waals surface area (Å²) in [7, 11) is -2.17. The van der Waals surface area contributed by atoms with E-state index in [0.29, 0.717) is 36.1 Å². The Morgan fingerprint density at radius 1 is 1.05 bits per heavy atom. The Balaban J connectivity index is 1.58. The van der Waals surface area contributed by atoms with Crippen molar-refractivity contribution in [2.75, 3.05) is 19.9 Å². The van der Waals surface area contributed by atoms with E-state index in [-0.39, 0.29) is 18.1 Å². The van der Waals surface area contributed by atoms with Crippen LogP contribution in [0.1, 0.15) is 84.3 Å². The molecule has 0 radical (unpaired) electrons. The first kappa shape index (κ1) is 26.8. The molecule has 0 N–H and O–H groups in total. The Morgan fingerprint density at radius 3 is 2.43 bits per heavy atom. The molecule has 0 bridgehead atoms. The predicted molar refractivity (Wildman–Crippen MR) is 151 cm³/mol. The molecule has 0 amide bonds. The van der Waals surface area contributed by atoms with Gasteiger partial charge in [0, 0.05) is 38.1 Å². The number of benzene rings is 1. The fourth-order valence-electron chi connectivity index (χ4n) is 7.79. The van der Waals surface area contributed by atoms with Gasteiger partial charge in [-0.25, -0.2) is 0 Å². The topological polar surface area (TPSA) is 40.2 Å². The van der Waals surface area contributed by atoms with Crippen LogP contribution >= 0.6 is 0 Å². The van der Waals surface area contributed by atoms with Crippen LogP contribution in [-0.4, -0.2) is 51.4 Å². The molecular formula is C31H45NO4Si. The van der Waals surface area contributed by atoms with Gasteiger partial charge in [-0.2, -0.15) is 0 Å². The number of nitrogens with zero attached hydrogens (tertiary/aromatic N) is 1. The average molecular weight is 524 g/mol. The second kappa shape index (κ2) is 10.8. The van der Waals surface area contributed by atoms with Gasteiger partial charge in [0.25, 0.3) is 0 Å². The normalized spacial score (nSPS) is 26.4. The van der Waals surface area contributed by atoms with Gasteiger partial charge in [0.05, 0.1) is 6.10 Å². The number of terminal acetylenes is 1. The molecule has 37 heavy (non-hydrogen) atoms. The molecule has 5 nitrogen and oxygen atoms in total. The summed E-state index contributed by atoms with van der Waals surface area (Å²) >= 11 is 0. The summed E-state index contributed by atoms with van der Waals surface area (Å²) in [6.45, 7) is 17.3. The third kappa shape index (κ3) is 4.67. The van der Waals surface area contributed by atoms with Crippen LogP contribution in [0.3, 0.4) is 0 Å². The molecule has 1 aliphatic carbocycles. The first-order chi connectivity index (χ1) is 17.8. The van der Waals surface area contributed by atoms with Gasteiger partial charge < -0.3 is 18.6 Å². The van der Waals surface area contributed by atoms with Crippen molar-refractivity contribution in [3.8, 4) is 23.8 Å². The number of unbranched alkanes of at least 4 members (excludes halogenated alkanes) is 2. The zero-order valence-electron chi connectivity index (χ0n) is 23.6. The van der Waals surface area contributed by atoms with Gasteiger partial charge in [-0.15, -0.1) is 12.3 Å². The van der Waals surface area contributed by atoms with Crippen LogP contribution in [0.25, 0.3) is 0 Å². The molecule has 3 aliphatic heterocycles. The predicted octanol–water partition coefficient (Wildman–Crippen LogP) is 6.78. The number of fused-ring (bicyclic) bond motifs is 3. The maximum Gasteiger partial charge on any atom is 0.231 e. The first-order valence-electron chi connectivity index (χ1n) is 14.4. The summed E-state index contributed by atoms with van der Waals surface area (Å²) in [5.41, 5.74) is 5.76. The minimum Gasteiger partial charge on any atom is -0.454 e. The summed E-state index contributed by atoms with van der Waals surface area (Å²) < 4.78 is 26.0. The maximum atomic E-state index is 7.66. The van der Waals surface area contributed by atoms with Crippen LogP contribution < -0.4 is 9.47 Å². The van der Waals surface area contributed by atoms with Gasteiger partial charge in [-0.3, -0.25) is 4.90 Å². The lowest BCUT2D eigenvalue weighted by molar-refractivity contribution is -0.0382. The maximum absolute atomic E-state index is 7.66. The SMILES string of the molecule is C#CCCCCO[C@H]1C=C2CCN3Cc4cc5c(cc4[C@H]([C@@H]1O[Si](C(C)C)(C(C)C)C(C)C)[C@@H]23)OCO5. The van der Waals surface area contributed by atoms with E-state index in [1.807, 2.05) is 0 Å². The summed E-state index contributed by atoms with van der Waals surface area (Å²) in [5, 5.41) is 0. The second-order valence-corrected chi connectivity index (χ2v) is 17.6. The molecule has 1 saturated heterocycles. The molecule has 0 spiro atoms. The van der Waals surface area contributed by atoms with Crippen LogP contribution in [0, 0.1) is 12.3 Å². The van der Waals surface area contributed by atoms with Gasteiger partial charge in [0.1, 0.15) is 6.10 Å². The Kier molecular flexibility index (Phi) is 7.80. The molecule has 1 fully saturated rings. The molecule has 0 aromatic heterocycles. The highest BCUT2D eigenvalue weighted by atomic mass is 28.4. The third-order valence-corrected chi connectivity index (χ3v) is 15.4. The van der Waals surface area contributed by atoms with E-state index in [9.17, 15) is 0 Å². The number of hydrogen-bond donors (Lipinski definition) is 0. The third-order valence-electron chi connectivity index (χ3n) is 9.30. The van der Waals surface area contributed by atoms with E-state index in [2.05, 4.69) is 70.6 Å². The summed E-state index contributed by atoms with van der Waals surface area (Å²) in [4.78, 5) is 2.66. The van der Waals surface area contributed by atoms with Crippen molar-refractivity contribution in [1.29, 1.82) is 0 Å². The largest absolute Gasteiger partial charge is 0.454 e. The molecule has 5 rings (SSSR count). The molecule has 0 unspecified atom stereocenters. The quantitative estimate of drug-likeness (QED) is 0.146. The van der Waals surface area contributed by atoms with Crippen LogP contribution in [0.4, 0.5) is 0 Å². The van der Waals surface area contributed by atoms with Crippen molar-refractivity contribution in [1.82, 2.24) is 4.90 Å². The fourth-order valence-corrected chi connectivity index (χ4v) is 13.4. The van der Waals surface area contributed by atoms with Gasteiger partial charge >= 0.3 is 0 Å². The van der Waals surface area contributed by atoms with E-state index in [1.54, 1.807) is 0 Å². The van der Waals surface area contributed by atoms with Crippen molar-refractivity contribution in [3.05, 3.63) is 34.9 Å². The van der Waals surface area contributed by atoms with Crippen molar-refractivity contribution < 1.29 is 18.6 Å². The minimum atomic E-state index is -2.17. The van der Waals surface area contributed by atoms with Crippen LogP contribution in [0.2, 0.25) is 16.6 Å².